The average molecular weight is 246 g/mol. The average Bonchev–Trinajstić information content (AvgIpc) is 2.37. The van der Waals surface area contributed by atoms with Gasteiger partial charge in [0.05, 0.1) is 0 Å². The second-order valence-corrected chi connectivity index (χ2v) is 5.31. The maximum Gasteiger partial charge on any atom is 0.251 e. The molecule has 1 aromatic carbocycles. The highest BCUT2D eigenvalue weighted by Crippen LogP contribution is 2.17. The molecule has 1 fully saturated rings. The highest BCUT2D eigenvalue weighted by atomic mass is 16.1. The summed E-state index contributed by atoms with van der Waals surface area (Å²) in [6.45, 7) is 7.15. The van der Waals surface area contributed by atoms with Crippen molar-refractivity contribution in [1.82, 2.24) is 10.6 Å². The van der Waals surface area contributed by atoms with E-state index < -0.39 is 0 Å². The molecule has 2 N–H and O–H groups in total. The van der Waals surface area contributed by atoms with Crippen molar-refractivity contribution in [2.75, 3.05) is 19.6 Å². The summed E-state index contributed by atoms with van der Waals surface area (Å²) >= 11 is 0. The monoisotopic (exact) mass is 246 g/mol. The number of carbonyl (C=O) groups excluding carboxylic acids is 1. The van der Waals surface area contributed by atoms with E-state index in [0.29, 0.717) is 11.8 Å². The van der Waals surface area contributed by atoms with Gasteiger partial charge in [-0.25, -0.2) is 0 Å². The number of piperidine rings is 1. The second-order valence-electron chi connectivity index (χ2n) is 5.31. The molecule has 1 heterocycles. The predicted molar refractivity (Wildman–Crippen MR) is 73.7 cm³/mol. The van der Waals surface area contributed by atoms with Crippen LogP contribution in [0.1, 0.15) is 29.3 Å². The fourth-order valence-electron chi connectivity index (χ4n) is 2.44. The van der Waals surface area contributed by atoms with Crippen LogP contribution in [0.25, 0.3) is 0 Å². The van der Waals surface area contributed by atoms with E-state index in [-0.39, 0.29) is 5.91 Å². The van der Waals surface area contributed by atoms with Crippen LogP contribution in [0.2, 0.25) is 0 Å². The van der Waals surface area contributed by atoms with Crippen LogP contribution in [-0.4, -0.2) is 25.5 Å². The van der Waals surface area contributed by atoms with Gasteiger partial charge in [-0.2, -0.15) is 0 Å². The van der Waals surface area contributed by atoms with E-state index in [1.54, 1.807) is 0 Å². The van der Waals surface area contributed by atoms with Crippen molar-refractivity contribution in [2.24, 2.45) is 11.8 Å². The first-order valence-electron chi connectivity index (χ1n) is 6.72. The fraction of sp³-hybridized carbons (Fsp3) is 0.533. The van der Waals surface area contributed by atoms with Crippen LogP contribution in [0.5, 0.6) is 0 Å². The van der Waals surface area contributed by atoms with Crippen LogP contribution in [0.4, 0.5) is 0 Å². The quantitative estimate of drug-likeness (QED) is 0.856. The lowest BCUT2D eigenvalue weighted by atomic mass is 9.88. The molecule has 3 nitrogen and oxygen atoms in total. The molecule has 0 bridgehead atoms. The Bertz CT molecular complexity index is 417. The summed E-state index contributed by atoms with van der Waals surface area (Å²) in [6, 6.07) is 7.72. The topological polar surface area (TPSA) is 41.1 Å². The van der Waals surface area contributed by atoms with Crippen molar-refractivity contribution in [3.63, 3.8) is 0 Å². The Labute approximate surface area is 109 Å². The number of amides is 1. The van der Waals surface area contributed by atoms with Crippen molar-refractivity contribution in [1.29, 1.82) is 0 Å². The normalized spacial score (nSPS) is 23.7. The number of hydrogen-bond acceptors (Lipinski definition) is 2. The van der Waals surface area contributed by atoms with Gasteiger partial charge in [0, 0.05) is 12.1 Å². The summed E-state index contributed by atoms with van der Waals surface area (Å²) in [4.78, 5) is 12.0. The first-order valence-corrected chi connectivity index (χ1v) is 6.72. The summed E-state index contributed by atoms with van der Waals surface area (Å²) < 4.78 is 0. The number of rotatable bonds is 3. The molecule has 0 radical (unpaired) electrons. The lowest BCUT2D eigenvalue weighted by Gasteiger charge is -2.29. The van der Waals surface area contributed by atoms with Gasteiger partial charge in [-0.15, -0.1) is 0 Å². The third-order valence-electron chi connectivity index (χ3n) is 3.79. The van der Waals surface area contributed by atoms with Gasteiger partial charge < -0.3 is 10.6 Å². The first kappa shape index (κ1) is 13.1. The van der Waals surface area contributed by atoms with E-state index >= 15 is 0 Å². The van der Waals surface area contributed by atoms with E-state index in [1.807, 2.05) is 31.2 Å². The third-order valence-corrected chi connectivity index (χ3v) is 3.79. The minimum absolute atomic E-state index is 0.0384. The van der Waals surface area contributed by atoms with Gasteiger partial charge in [-0.3, -0.25) is 4.79 Å². The zero-order valence-electron chi connectivity index (χ0n) is 11.2. The van der Waals surface area contributed by atoms with E-state index in [1.165, 1.54) is 6.42 Å². The smallest absolute Gasteiger partial charge is 0.251 e. The van der Waals surface area contributed by atoms with Crippen molar-refractivity contribution in [3.8, 4) is 0 Å². The predicted octanol–water partition coefficient (Wildman–Crippen LogP) is 1.97. The van der Waals surface area contributed by atoms with Gasteiger partial charge in [0.25, 0.3) is 5.91 Å². The lowest BCUT2D eigenvalue weighted by Crippen LogP contribution is -2.42. The van der Waals surface area contributed by atoms with Gasteiger partial charge in [-0.1, -0.05) is 24.6 Å². The summed E-state index contributed by atoms with van der Waals surface area (Å²) in [6.07, 6.45) is 1.20. The molecule has 0 aliphatic carbocycles. The Balaban J connectivity index is 1.88. The molecule has 0 spiro atoms. The van der Waals surface area contributed by atoms with Crippen LogP contribution < -0.4 is 10.6 Å². The molecular weight excluding hydrogens is 224 g/mol. The molecule has 2 atom stereocenters. The van der Waals surface area contributed by atoms with E-state index in [0.717, 1.165) is 30.8 Å². The zero-order chi connectivity index (χ0) is 13.0. The molecule has 0 saturated carbocycles. The van der Waals surface area contributed by atoms with E-state index in [4.69, 9.17) is 0 Å². The highest BCUT2D eigenvalue weighted by molar-refractivity contribution is 5.94. The SMILES string of the molecule is Cc1cccc(C(=O)NCC2CNCCC2C)c1. The molecule has 1 aliphatic rings. The largest absolute Gasteiger partial charge is 0.352 e. The van der Waals surface area contributed by atoms with E-state index in [2.05, 4.69) is 17.6 Å². The third kappa shape index (κ3) is 3.33. The highest BCUT2D eigenvalue weighted by Gasteiger charge is 2.21. The number of nitrogens with one attached hydrogen (secondary N) is 2. The molecule has 2 unspecified atom stereocenters. The Hall–Kier alpha value is -1.35. The summed E-state index contributed by atoms with van der Waals surface area (Å²) in [5, 5.41) is 6.43. The number of carbonyl (C=O) groups is 1. The van der Waals surface area contributed by atoms with Crippen LogP contribution in [0.3, 0.4) is 0 Å². The molecule has 2 rings (SSSR count). The Morgan fingerprint density at radius 1 is 1.50 bits per heavy atom. The second kappa shape index (κ2) is 6.01. The molecule has 1 saturated heterocycles. The van der Waals surface area contributed by atoms with Crippen LogP contribution >= 0.6 is 0 Å². The van der Waals surface area contributed by atoms with Gasteiger partial charge in [0.15, 0.2) is 0 Å². The van der Waals surface area contributed by atoms with E-state index in [9.17, 15) is 4.79 Å². The first-order chi connectivity index (χ1) is 8.66. The Morgan fingerprint density at radius 3 is 3.06 bits per heavy atom. The van der Waals surface area contributed by atoms with Gasteiger partial charge in [0.2, 0.25) is 0 Å². The molecule has 98 valence electrons. The van der Waals surface area contributed by atoms with Gasteiger partial charge >= 0.3 is 0 Å². The molecule has 1 aliphatic heterocycles. The lowest BCUT2D eigenvalue weighted by molar-refractivity contribution is 0.0939. The van der Waals surface area contributed by atoms with Gasteiger partial charge in [-0.05, 0) is 50.4 Å². The molecular formula is C15H22N2O. The fourth-order valence-corrected chi connectivity index (χ4v) is 2.44. The van der Waals surface area contributed by atoms with Crippen molar-refractivity contribution in [2.45, 2.75) is 20.3 Å². The molecule has 0 aromatic heterocycles. The number of benzene rings is 1. The zero-order valence-corrected chi connectivity index (χ0v) is 11.2. The molecule has 1 aromatic rings. The van der Waals surface area contributed by atoms with Crippen molar-refractivity contribution in [3.05, 3.63) is 35.4 Å². The van der Waals surface area contributed by atoms with Crippen molar-refractivity contribution >= 4 is 5.91 Å². The van der Waals surface area contributed by atoms with Crippen LogP contribution in [-0.2, 0) is 0 Å². The standard InChI is InChI=1S/C15H22N2O/c1-11-4-3-5-13(8-11)15(18)17-10-14-9-16-7-6-12(14)2/h3-5,8,12,14,16H,6-7,9-10H2,1-2H3,(H,17,18). The number of hydrogen-bond donors (Lipinski definition) is 2. The molecule has 18 heavy (non-hydrogen) atoms. The minimum atomic E-state index is 0.0384. The Kier molecular flexibility index (Phi) is 4.37. The maximum atomic E-state index is 12.0. The minimum Gasteiger partial charge on any atom is -0.352 e. The van der Waals surface area contributed by atoms with Crippen LogP contribution in [0, 0.1) is 18.8 Å². The van der Waals surface area contributed by atoms with Crippen molar-refractivity contribution < 1.29 is 4.79 Å². The molecule has 3 heteroatoms. The van der Waals surface area contributed by atoms with Gasteiger partial charge in [0.1, 0.15) is 0 Å². The maximum absolute atomic E-state index is 12.0. The summed E-state index contributed by atoms with van der Waals surface area (Å²) in [7, 11) is 0. The summed E-state index contributed by atoms with van der Waals surface area (Å²) in [5.74, 6) is 1.27. The number of aryl methyl sites for hydroxylation is 1. The van der Waals surface area contributed by atoms with Crippen LogP contribution in [0.15, 0.2) is 24.3 Å². The Morgan fingerprint density at radius 2 is 2.33 bits per heavy atom. The summed E-state index contributed by atoms with van der Waals surface area (Å²) in [5.41, 5.74) is 1.88. The molecule has 1 amide bonds.